The Balaban J connectivity index is 1.46. The number of hydrogen-bond acceptors (Lipinski definition) is 6. The number of anilines is 1. The number of methoxy groups -OCH3 is 1. The predicted molar refractivity (Wildman–Crippen MR) is 126 cm³/mol. The van der Waals surface area contributed by atoms with Gasteiger partial charge in [0, 0.05) is 12.6 Å². The summed E-state index contributed by atoms with van der Waals surface area (Å²) in [5.41, 5.74) is 0.981. The lowest BCUT2D eigenvalue weighted by Crippen LogP contribution is -2.48. The molecule has 0 bridgehead atoms. The number of pyridine rings is 1. The molecule has 2 fully saturated rings. The normalized spacial score (nSPS) is 25.1. The molecule has 1 aromatic carbocycles. The van der Waals surface area contributed by atoms with Gasteiger partial charge in [-0.3, -0.25) is 0 Å². The molecule has 1 aromatic heterocycles. The van der Waals surface area contributed by atoms with Gasteiger partial charge in [0.2, 0.25) is 15.8 Å². The van der Waals surface area contributed by atoms with E-state index < -0.39 is 39.5 Å². The number of hydrogen-bond donors (Lipinski definition) is 1. The van der Waals surface area contributed by atoms with Crippen LogP contribution >= 0.6 is 0 Å². The summed E-state index contributed by atoms with van der Waals surface area (Å²) in [7, 11) is -2.35. The summed E-state index contributed by atoms with van der Waals surface area (Å²) in [6.45, 7) is 0.454. The molecule has 0 radical (unpaired) electrons. The van der Waals surface area contributed by atoms with Crippen LogP contribution in [-0.4, -0.2) is 58.1 Å². The molecule has 7 nitrogen and oxygen atoms in total. The van der Waals surface area contributed by atoms with E-state index in [4.69, 9.17) is 9.47 Å². The lowest BCUT2D eigenvalue weighted by Gasteiger charge is -2.33. The quantitative estimate of drug-likeness (QED) is 0.579. The first-order valence-electron chi connectivity index (χ1n) is 11.6. The fourth-order valence-corrected chi connectivity index (χ4v) is 5.94. The number of ether oxygens (including phenoxy) is 2. The number of aromatic nitrogens is 1. The number of benzene rings is 1. The number of nitrogens with one attached hydrogen (secondary N) is 1. The van der Waals surface area contributed by atoms with Gasteiger partial charge in [-0.15, -0.1) is 0 Å². The summed E-state index contributed by atoms with van der Waals surface area (Å²) >= 11 is 0. The van der Waals surface area contributed by atoms with Gasteiger partial charge in [0.05, 0.1) is 38.3 Å². The lowest BCUT2D eigenvalue weighted by molar-refractivity contribution is 0.0155. The van der Waals surface area contributed by atoms with E-state index in [-0.39, 0.29) is 30.3 Å². The van der Waals surface area contributed by atoms with Crippen molar-refractivity contribution in [2.45, 2.75) is 56.2 Å². The molecule has 2 heterocycles. The molecule has 1 aliphatic heterocycles. The van der Waals surface area contributed by atoms with Crippen LogP contribution in [0.5, 0.6) is 5.75 Å². The molecule has 1 saturated heterocycles. The molecular weight excluding hydrogens is 483 g/mol. The molecule has 35 heavy (non-hydrogen) atoms. The first kappa shape index (κ1) is 25.7. The number of nitrogens with zero attached hydrogens (tertiary/aromatic N) is 2. The molecule has 1 aliphatic carbocycles. The minimum absolute atomic E-state index is 0.0540. The van der Waals surface area contributed by atoms with E-state index in [1.54, 1.807) is 17.0 Å². The molecule has 0 unspecified atom stereocenters. The van der Waals surface area contributed by atoms with Crippen LogP contribution in [0, 0.1) is 17.5 Å². The van der Waals surface area contributed by atoms with Gasteiger partial charge in [-0.05, 0) is 55.7 Å². The van der Waals surface area contributed by atoms with Crippen LogP contribution in [0.25, 0.3) is 0 Å². The van der Waals surface area contributed by atoms with Crippen LogP contribution in [0.1, 0.15) is 43.6 Å². The molecule has 4 rings (SSSR count). The van der Waals surface area contributed by atoms with Crippen molar-refractivity contribution >= 4 is 15.8 Å². The molecule has 1 N–H and O–H groups in total. The summed E-state index contributed by atoms with van der Waals surface area (Å²) in [6, 6.07) is 5.59. The average Bonchev–Trinajstić information content (AvgIpc) is 3.19. The van der Waals surface area contributed by atoms with Crippen LogP contribution in [0.4, 0.5) is 19.0 Å². The van der Waals surface area contributed by atoms with Gasteiger partial charge in [-0.1, -0.05) is 12.1 Å². The largest absolute Gasteiger partial charge is 0.491 e. The van der Waals surface area contributed by atoms with E-state index in [9.17, 15) is 21.6 Å². The minimum Gasteiger partial charge on any atom is -0.491 e. The number of halogens is 3. The molecule has 1 saturated carbocycles. The maximum absolute atomic E-state index is 15.0. The topological polar surface area (TPSA) is 80.8 Å². The third-order valence-corrected chi connectivity index (χ3v) is 7.53. The van der Waals surface area contributed by atoms with Gasteiger partial charge in [-0.25, -0.2) is 26.9 Å². The van der Waals surface area contributed by atoms with Crippen LogP contribution < -0.4 is 14.4 Å². The first-order chi connectivity index (χ1) is 16.7. The SMILES string of the molecule is COc1c(F)cnc(N2CC[C@H](NS(C)(=O)=O)[C@@H]2CO[C@H]2CC[C@@H](c3cccc(F)c3)CC2)c1F. The second-order valence-corrected chi connectivity index (χ2v) is 11.0. The van der Waals surface area contributed by atoms with Crippen molar-refractivity contribution < 1.29 is 31.1 Å². The maximum atomic E-state index is 15.0. The van der Waals surface area contributed by atoms with Crippen LogP contribution in [0.2, 0.25) is 0 Å². The fourth-order valence-electron chi connectivity index (χ4n) is 5.12. The lowest BCUT2D eigenvalue weighted by atomic mass is 9.82. The van der Waals surface area contributed by atoms with Gasteiger partial charge in [0.1, 0.15) is 5.82 Å². The van der Waals surface area contributed by atoms with Gasteiger partial charge >= 0.3 is 0 Å². The van der Waals surface area contributed by atoms with Crippen molar-refractivity contribution in [2.75, 3.05) is 31.4 Å². The number of sulfonamides is 1. The second kappa shape index (κ2) is 10.7. The van der Waals surface area contributed by atoms with Crippen LogP contribution in [0.3, 0.4) is 0 Å². The Bertz CT molecular complexity index is 1140. The van der Waals surface area contributed by atoms with Crippen molar-refractivity contribution in [1.29, 1.82) is 0 Å². The summed E-state index contributed by atoms with van der Waals surface area (Å²) < 4.78 is 80.0. The first-order valence-corrected chi connectivity index (χ1v) is 13.5. The Morgan fingerprint density at radius 3 is 2.54 bits per heavy atom. The van der Waals surface area contributed by atoms with Crippen LogP contribution in [-0.2, 0) is 14.8 Å². The Hall–Kier alpha value is -2.37. The zero-order valence-corrected chi connectivity index (χ0v) is 20.5. The summed E-state index contributed by atoms with van der Waals surface area (Å²) in [5.74, 6) is -2.48. The van der Waals surface area contributed by atoms with Crippen molar-refractivity contribution in [3.8, 4) is 5.75 Å². The van der Waals surface area contributed by atoms with Gasteiger partial charge in [-0.2, -0.15) is 4.39 Å². The minimum atomic E-state index is -3.52. The highest BCUT2D eigenvalue weighted by Gasteiger charge is 2.39. The van der Waals surface area contributed by atoms with Crippen LogP contribution in [0.15, 0.2) is 30.5 Å². The van der Waals surface area contributed by atoms with Crippen molar-refractivity contribution in [3.63, 3.8) is 0 Å². The monoisotopic (exact) mass is 513 g/mol. The molecule has 0 spiro atoms. The molecular formula is C24H30F3N3O4S. The summed E-state index contributed by atoms with van der Waals surface area (Å²) in [5, 5.41) is 0. The Kier molecular flexibility index (Phi) is 7.87. The van der Waals surface area contributed by atoms with E-state index in [1.165, 1.54) is 13.2 Å². The molecule has 0 amide bonds. The number of rotatable bonds is 8. The maximum Gasteiger partial charge on any atom is 0.210 e. The van der Waals surface area contributed by atoms with Gasteiger partial charge in [0.15, 0.2) is 17.4 Å². The highest BCUT2D eigenvalue weighted by Crippen LogP contribution is 2.36. The summed E-state index contributed by atoms with van der Waals surface area (Å²) in [4.78, 5) is 5.54. The fraction of sp³-hybridized carbons (Fsp3) is 0.542. The standard InChI is InChI=1S/C24H30F3N3O4S/c1-33-23-19(26)13-28-24(22(23)27)30-11-10-20(29-35(2,31)32)21(30)14-34-18-8-6-15(7-9-18)16-4-3-5-17(25)12-16/h3-5,12-13,15,18,20-21,29H,6-11,14H2,1-2H3/t15-,18+,20-,21-/m0/s1. The van der Waals surface area contributed by atoms with E-state index in [1.807, 2.05) is 6.07 Å². The van der Waals surface area contributed by atoms with E-state index in [0.29, 0.717) is 13.0 Å². The zero-order valence-electron chi connectivity index (χ0n) is 19.7. The van der Waals surface area contributed by atoms with E-state index in [2.05, 4.69) is 9.71 Å². The Morgan fingerprint density at radius 1 is 1.14 bits per heavy atom. The van der Waals surface area contributed by atoms with Gasteiger partial charge < -0.3 is 14.4 Å². The van der Waals surface area contributed by atoms with Crippen molar-refractivity contribution in [1.82, 2.24) is 9.71 Å². The third-order valence-electron chi connectivity index (χ3n) is 6.80. The van der Waals surface area contributed by atoms with E-state index >= 15 is 0 Å². The molecule has 2 aromatic rings. The van der Waals surface area contributed by atoms with Crippen molar-refractivity contribution in [2.24, 2.45) is 0 Å². The molecule has 192 valence electrons. The Labute approximate surface area is 203 Å². The average molecular weight is 514 g/mol. The molecule has 11 heteroatoms. The third kappa shape index (κ3) is 6.07. The predicted octanol–water partition coefficient (Wildman–Crippen LogP) is 3.75. The smallest absolute Gasteiger partial charge is 0.210 e. The Morgan fingerprint density at radius 2 is 1.89 bits per heavy atom. The van der Waals surface area contributed by atoms with Gasteiger partial charge in [0.25, 0.3) is 0 Å². The molecule has 2 aliphatic rings. The summed E-state index contributed by atoms with van der Waals surface area (Å²) in [6.07, 6.45) is 5.55. The second-order valence-electron chi connectivity index (χ2n) is 9.18. The highest BCUT2D eigenvalue weighted by molar-refractivity contribution is 7.88. The highest BCUT2D eigenvalue weighted by atomic mass is 32.2. The van der Waals surface area contributed by atoms with E-state index in [0.717, 1.165) is 43.7 Å². The zero-order chi connectivity index (χ0) is 25.2. The van der Waals surface area contributed by atoms with Crippen molar-refractivity contribution in [3.05, 3.63) is 53.5 Å². The molecule has 2 atom stereocenters.